The number of halogens is 1. The van der Waals surface area contributed by atoms with Gasteiger partial charge in [-0.3, -0.25) is 24.6 Å². The minimum Gasteiger partial charge on any atom is -0.349 e. The van der Waals surface area contributed by atoms with Crippen molar-refractivity contribution in [3.8, 4) is 0 Å². The van der Waals surface area contributed by atoms with E-state index in [9.17, 15) is 19.7 Å². The molecule has 0 saturated heterocycles. The van der Waals surface area contributed by atoms with Crippen molar-refractivity contribution >= 4 is 34.8 Å². The molecule has 1 saturated carbocycles. The van der Waals surface area contributed by atoms with Crippen molar-refractivity contribution in [2.75, 3.05) is 18.9 Å². The first-order chi connectivity index (χ1) is 13.8. The van der Waals surface area contributed by atoms with Crippen molar-refractivity contribution in [3.63, 3.8) is 0 Å². The largest absolute Gasteiger partial charge is 0.349 e. The predicted octanol–water partition coefficient (Wildman–Crippen LogP) is 3.21. The lowest BCUT2D eigenvalue weighted by molar-refractivity contribution is -0.383. The van der Waals surface area contributed by atoms with Crippen molar-refractivity contribution < 1.29 is 14.5 Å². The van der Waals surface area contributed by atoms with Gasteiger partial charge in [0.05, 0.1) is 11.5 Å². The number of nitrogens with one attached hydrogen (secondary N) is 2. The molecule has 29 heavy (non-hydrogen) atoms. The molecule has 1 aliphatic rings. The number of nitro benzene ring substituents is 1. The van der Waals surface area contributed by atoms with Gasteiger partial charge in [0.25, 0.3) is 11.6 Å². The molecule has 0 spiro atoms. The van der Waals surface area contributed by atoms with Crippen LogP contribution in [-0.4, -0.2) is 41.3 Å². The van der Waals surface area contributed by atoms with Gasteiger partial charge in [0.2, 0.25) is 5.91 Å². The van der Waals surface area contributed by atoms with E-state index in [1.807, 2.05) is 12.1 Å². The van der Waals surface area contributed by atoms with Gasteiger partial charge in [-0.25, -0.2) is 0 Å². The standard InChI is InChI=1S/C20H21ClN4O4/c1-24(11-13-2-4-14(5-3-13)20(27)22-16-7-8-16)12-19(26)23-17-9-6-15(21)10-18(17)25(28)29/h2-6,9-10,16H,7-8,11-12H2,1H3,(H,22,27)(H,23,26). The molecule has 152 valence electrons. The van der Waals surface area contributed by atoms with E-state index in [-0.39, 0.29) is 34.8 Å². The fourth-order valence-corrected chi connectivity index (χ4v) is 2.99. The third-order valence-corrected chi connectivity index (χ3v) is 4.66. The van der Waals surface area contributed by atoms with Gasteiger partial charge in [0.15, 0.2) is 0 Å². The number of rotatable bonds is 8. The van der Waals surface area contributed by atoms with Gasteiger partial charge in [-0.15, -0.1) is 0 Å². The Hall–Kier alpha value is -2.97. The molecule has 0 radical (unpaired) electrons. The van der Waals surface area contributed by atoms with E-state index < -0.39 is 4.92 Å². The quantitative estimate of drug-likeness (QED) is 0.508. The summed E-state index contributed by atoms with van der Waals surface area (Å²) < 4.78 is 0. The summed E-state index contributed by atoms with van der Waals surface area (Å²) in [5, 5.41) is 16.8. The van der Waals surface area contributed by atoms with Gasteiger partial charge in [0.1, 0.15) is 5.69 Å². The highest BCUT2D eigenvalue weighted by molar-refractivity contribution is 6.31. The maximum atomic E-state index is 12.3. The average molecular weight is 417 g/mol. The van der Waals surface area contributed by atoms with Gasteiger partial charge in [-0.1, -0.05) is 23.7 Å². The van der Waals surface area contributed by atoms with Crippen LogP contribution >= 0.6 is 11.6 Å². The number of benzene rings is 2. The summed E-state index contributed by atoms with van der Waals surface area (Å²) >= 11 is 5.78. The van der Waals surface area contributed by atoms with Crippen LogP contribution in [0.5, 0.6) is 0 Å². The molecule has 0 unspecified atom stereocenters. The molecule has 2 aromatic carbocycles. The number of hydrogen-bond acceptors (Lipinski definition) is 5. The Balaban J connectivity index is 1.53. The van der Waals surface area contributed by atoms with Crippen LogP contribution in [0.4, 0.5) is 11.4 Å². The van der Waals surface area contributed by atoms with Crippen molar-refractivity contribution in [2.24, 2.45) is 0 Å². The number of hydrogen-bond donors (Lipinski definition) is 2. The third-order valence-electron chi connectivity index (χ3n) is 4.43. The molecule has 1 fully saturated rings. The van der Waals surface area contributed by atoms with Crippen LogP contribution in [0.25, 0.3) is 0 Å². The zero-order chi connectivity index (χ0) is 21.0. The van der Waals surface area contributed by atoms with E-state index in [1.54, 1.807) is 24.1 Å². The van der Waals surface area contributed by atoms with Crippen molar-refractivity contribution in [3.05, 3.63) is 68.7 Å². The molecule has 0 bridgehead atoms. The Morgan fingerprint density at radius 1 is 1.21 bits per heavy atom. The zero-order valence-electron chi connectivity index (χ0n) is 15.9. The number of anilines is 1. The summed E-state index contributed by atoms with van der Waals surface area (Å²) in [5.41, 5.74) is 1.40. The third kappa shape index (κ3) is 6.00. The molecule has 9 heteroatoms. The maximum absolute atomic E-state index is 12.3. The summed E-state index contributed by atoms with van der Waals surface area (Å²) in [4.78, 5) is 36.6. The van der Waals surface area contributed by atoms with E-state index in [2.05, 4.69) is 10.6 Å². The summed E-state index contributed by atoms with van der Waals surface area (Å²) in [6, 6.07) is 11.6. The van der Waals surface area contributed by atoms with Crippen LogP contribution in [0.3, 0.4) is 0 Å². The van der Waals surface area contributed by atoms with Crippen molar-refractivity contribution in [1.82, 2.24) is 10.2 Å². The molecule has 2 N–H and O–H groups in total. The number of nitro groups is 1. The minimum absolute atomic E-state index is 0.0453. The Labute approximate surface area is 173 Å². The lowest BCUT2D eigenvalue weighted by Gasteiger charge is -2.16. The Morgan fingerprint density at radius 3 is 2.52 bits per heavy atom. The smallest absolute Gasteiger partial charge is 0.294 e. The van der Waals surface area contributed by atoms with E-state index in [4.69, 9.17) is 11.6 Å². The van der Waals surface area contributed by atoms with E-state index in [0.29, 0.717) is 18.2 Å². The van der Waals surface area contributed by atoms with Crippen molar-refractivity contribution in [2.45, 2.75) is 25.4 Å². The summed E-state index contributed by atoms with van der Waals surface area (Å²) in [5.74, 6) is -0.449. The van der Waals surface area contributed by atoms with Gasteiger partial charge in [-0.05, 0) is 49.7 Å². The van der Waals surface area contributed by atoms with E-state index in [1.165, 1.54) is 18.2 Å². The maximum Gasteiger partial charge on any atom is 0.294 e. The van der Waals surface area contributed by atoms with Crippen molar-refractivity contribution in [1.29, 1.82) is 0 Å². The second-order valence-electron chi connectivity index (χ2n) is 7.08. The summed E-state index contributed by atoms with van der Waals surface area (Å²) in [7, 11) is 1.77. The molecule has 0 atom stereocenters. The lowest BCUT2D eigenvalue weighted by atomic mass is 10.1. The summed E-state index contributed by atoms with van der Waals surface area (Å²) in [6.45, 7) is 0.532. The number of carbonyl (C=O) groups is 2. The highest BCUT2D eigenvalue weighted by atomic mass is 35.5. The highest BCUT2D eigenvalue weighted by Gasteiger charge is 2.23. The molecule has 2 amide bonds. The number of likely N-dealkylation sites (N-methyl/N-ethyl adjacent to an activating group) is 1. The molecule has 0 heterocycles. The fraction of sp³-hybridized carbons (Fsp3) is 0.300. The van der Waals surface area contributed by atoms with Gasteiger partial charge in [0, 0.05) is 29.2 Å². The van der Waals surface area contributed by atoms with Crippen LogP contribution in [-0.2, 0) is 11.3 Å². The monoisotopic (exact) mass is 416 g/mol. The predicted molar refractivity (Wildman–Crippen MR) is 110 cm³/mol. The molecular weight excluding hydrogens is 396 g/mol. The molecule has 1 aliphatic carbocycles. The Kier molecular flexibility index (Phi) is 6.46. The lowest BCUT2D eigenvalue weighted by Crippen LogP contribution is -2.30. The van der Waals surface area contributed by atoms with Crippen LogP contribution in [0.2, 0.25) is 5.02 Å². The van der Waals surface area contributed by atoms with Crippen LogP contribution < -0.4 is 10.6 Å². The Bertz CT molecular complexity index is 929. The first kappa shape index (κ1) is 20.8. The number of carbonyl (C=O) groups excluding carboxylic acids is 2. The first-order valence-corrected chi connectivity index (χ1v) is 9.52. The van der Waals surface area contributed by atoms with Gasteiger partial charge in [-0.2, -0.15) is 0 Å². The first-order valence-electron chi connectivity index (χ1n) is 9.14. The Morgan fingerprint density at radius 2 is 1.90 bits per heavy atom. The van der Waals surface area contributed by atoms with Crippen LogP contribution in [0, 0.1) is 10.1 Å². The van der Waals surface area contributed by atoms with Crippen LogP contribution in [0.15, 0.2) is 42.5 Å². The fourth-order valence-electron chi connectivity index (χ4n) is 2.82. The molecule has 0 aromatic heterocycles. The molecular formula is C20H21ClN4O4. The minimum atomic E-state index is -0.591. The number of nitrogens with zero attached hydrogens (tertiary/aromatic N) is 2. The molecule has 0 aliphatic heterocycles. The average Bonchev–Trinajstić information content (AvgIpc) is 3.47. The van der Waals surface area contributed by atoms with E-state index in [0.717, 1.165) is 18.4 Å². The summed E-state index contributed by atoms with van der Waals surface area (Å²) in [6.07, 6.45) is 2.08. The van der Waals surface area contributed by atoms with Crippen LogP contribution in [0.1, 0.15) is 28.8 Å². The highest BCUT2D eigenvalue weighted by Crippen LogP contribution is 2.27. The topological polar surface area (TPSA) is 105 Å². The number of amides is 2. The molecule has 3 rings (SSSR count). The molecule has 8 nitrogen and oxygen atoms in total. The second-order valence-corrected chi connectivity index (χ2v) is 7.52. The second kappa shape index (κ2) is 9.02. The molecule has 2 aromatic rings. The van der Waals surface area contributed by atoms with Gasteiger partial charge < -0.3 is 10.6 Å². The SMILES string of the molecule is CN(CC(=O)Nc1ccc(Cl)cc1[N+](=O)[O-])Cc1ccc(C(=O)NC2CC2)cc1. The zero-order valence-corrected chi connectivity index (χ0v) is 16.6. The van der Waals surface area contributed by atoms with E-state index >= 15 is 0 Å². The van der Waals surface area contributed by atoms with Gasteiger partial charge >= 0.3 is 0 Å². The normalized spacial score (nSPS) is 13.2.